The van der Waals surface area contributed by atoms with Gasteiger partial charge in [-0.3, -0.25) is 4.79 Å². The Hall–Kier alpha value is 0.0769. The van der Waals surface area contributed by atoms with E-state index in [0.29, 0.717) is 24.2 Å². The van der Waals surface area contributed by atoms with E-state index < -0.39 is 8.80 Å². The SMILES string of the molecule is CCCCCCCCCCCCCCCC(CO[Si](CCCSC(=O)CCCCCCC)(OCCCCCCCCCC)OCCCCCCCCCC)NC. The van der Waals surface area contributed by atoms with E-state index in [2.05, 4.69) is 40.1 Å². The van der Waals surface area contributed by atoms with Gasteiger partial charge in [-0.15, -0.1) is 0 Å². The number of thioether (sulfide) groups is 1. The molecule has 1 unspecified atom stereocenters. The van der Waals surface area contributed by atoms with Crippen LogP contribution in [0.5, 0.6) is 0 Å². The molecule has 0 aliphatic rings. The molecule has 0 heterocycles. The zero-order chi connectivity index (χ0) is 40.9. The maximum Gasteiger partial charge on any atom is 0.501 e. The van der Waals surface area contributed by atoms with Crippen molar-refractivity contribution in [2.24, 2.45) is 0 Å². The monoisotopic (exact) mass is 828 g/mol. The predicted molar refractivity (Wildman–Crippen MR) is 252 cm³/mol. The van der Waals surface area contributed by atoms with Crippen molar-refractivity contribution in [3.63, 3.8) is 0 Å². The molecule has 0 aromatic rings. The van der Waals surface area contributed by atoms with Crippen LogP contribution in [-0.2, 0) is 18.1 Å². The average molecular weight is 829 g/mol. The van der Waals surface area contributed by atoms with E-state index in [1.807, 2.05) is 0 Å². The highest BCUT2D eigenvalue weighted by atomic mass is 32.2. The van der Waals surface area contributed by atoms with Gasteiger partial charge >= 0.3 is 8.80 Å². The molecule has 0 radical (unpaired) electrons. The van der Waals surface area contributed by atoms with Crippen LogP contribution in [0.1, 0.15) is 265 Å². The van der Waals surface area contributed by atoms with Crippen LogP contribution in [0.25, 0.3) is 0 Å². The Morgan fingerprint density at radius 2 is 0.821 bits per heavy atom. The Morgan fingerprint density at radius 1 is 0.464 bits per heavy atom. The molecule has 0 amide bonds. The summed E-state index contributed by atoms with van der Waals surface area (Å²) in [6.07, 6.45) is 47.4. The van der Waals surface area contributed by atoms with Crippen molar-refractivity contribution in [3.05, 3.63) is 0 Å². The van der Waals surface area contributed by atoms with Crippen molar-refractivity contribution < 1.29 is 18.1 Å². The molecule has 0 fully saturated rings. The second kappa shape index (κ2) is 46.1. The smallest absolute Gasteiger partial charge is 0.373 e. The molecule has 0 spiro atoms. The lowest BCUT2D eigenvalue weighted by Gasteiger charge is -2.32. The Morgan fingerprint density at radius 3 is 1.21 bits per heavy atom. The summed E-state index contributed by atoms with van der Waals surface area (Å²) in [4.78, 5) is 12.7. The number of hydrogen-bond donors (Lipinski definition) is 1. The summed E-state index contributed by atoms with van der Waals surface area (Å²) in [7, 11) is -0.820. The quantitative estimate of drug-likeness (QED) is 0.0487. The van der Waals surface area contributed by atoms with E-state index in [1.54, 1.807) is 0 Å². The lowest BCUT2D eigenvalue weighted by molar-refractivity contribution is -0.111. The molecule has 0 rings (SSSR count). The fourth-order valence-corrected chi connectivity index (χ4v) is 11.4. The maximum absolute atomic E-state index is 12.7. The van der Waals surface area contributed by atoms with E-state index in [9.17, 15) is 4.79 Å². The van der Waals surface area contributed by atoms with Gasteiger partial charge in [0.2, 0.25) is 0 Å². The molecule has 1 N–H and O–H groups in total. The van der Waals surface area contributed by atoms with Crippen molar-refractivity contribution in [1.82, 2.24) is 5.32 Å². The molecule has 0 saturated heterocycles. The third kappa shape index (κ3) is 39.5. The molecule has 56 heavy (non-hydrogen) atoms. The summed E-state index contributed by atoms with van der Waals surface area (Å²) in [5.74, 6) is 0.836. The van der Waals surface area contributed by atoms with Gasteiger partial charge in [0.15, 0.2) is 5.12 Å². The fraction of sp³-hybridized carbons (Fsp3) is 0.980. The zero-order valence-corrected chi connectivity index (χ0v) is 40.6. The molecular formula is C49H101NO4SSi. The van der Waals surface area contributed by atoms with Crippen molar-refractivity contribution in [3.8, 4) is 0 Å². The molecule has 0 aromatic carbocycles. The van der Waals surface area contributed by atoms with Crippen LogP contribution in [0.2, 0.25) is 6.04 Å². The molecule has 5 nitrogen and oxygen atoms in total. The van der Waals surface area contributed by atoms with Gasteiger partial charge in [-0.25, -0.2) is 0 Å². The topological polar surface area (TPSA) is 56.8 Å². The van der Waals surface area contributed by atoms with Gasteiger partial charge in [0, 0.05) is 37.5 Å². The molecule has 336 valence electrons. The Kier molecular flexibility index (Phi) is 46.2. The fourth-order valence-electron chi connectivity index (χ4n) is 7.64. The van der Waals surface area contributed by atoms with Crippen LogP contribution >= 0.6 is 11.8 Å². The maximum atomic E-state index is 12.7. The molecule has 0 saturated carbocycles. The van der Waals surface area contributed by atoms with Gasteiger partial charge in [0.05, 0.1) is 6.61 Å². The Balaban J connectivity index is 5.13. The van der Waals surface area contributed by atoms with E-state index in [0.717, 1.165) is 57.1 Å². The van der Waals surface area contributed by atoms with Crippen molar-refractivity contribution >= 4 is 25.7 Å². The lowest BCUT2D eigenvalue weighted by atomic mass is 10.0. The molecule has 0 aromatic heterocycles. The Labute approximate surface area is 357 Å². The highest BCUT2D eigenvalue weighted by Crippen LogP contribution is 2.24. The second-order valence-electron chi connectivity index (χ2n) is 17.1. The number of unbranched alkanes of at least 4 members (excludes halogenated alkanes) is 30. The number of likely N-dealkylation sites (N-methyl/N-ethyl adjacent to an activating group) is 1. The van der Waals surface area contributed by atoms with Crippen LogP contribution in [0.15, 0.2) is 0 Å². The highest BCUT2D eigenvalue weighted by Gasteiger charge is 2.41. The first-order valence-corrected chi connectivity index (χ1v) is 28.2. The number of nitrogens with one attached hydrogen (secondary N) is 1. The van der Waals surface area contributed by atoms with Gasteiger partial charge in [0.25, 0.3) is 0 Å². The van der Waals surface area contributed by atoms with Gasteiger partial charge in [-0.2, -0.15) is 0 Å². The van der Waals surface area contributed by atoms with E-state index in [1.165, 1.54) is 211 Å². The summed E-state index contributed by atoms with van der Waals surface area (Å²) in [6, 6.07) is 1.13. The van der Waals surface area contributed by atoms with Crippen molar-refractivity contribution in [2.45, 2.75) is 277 Å². The number of carbonyl (C=O) groups is 1. The number of carbonyl (C=O) groups excluding carboxylic acids is 1. The van der Waals surface area contributed by atoms with E-state index in [4.69, 9.17) is 13.3 Å². The van der Waals surface area contributed by atoms with Gasteiger partial charge < -0.3 is 18.6 Å². The van der Waals surface area contributed by atoms with E-state index >= 15 is 0 Å². The standard InChI is InChI=1S/C49H101NO4SSi/c1-6-10-14-18-21-24-25-26-27-28-29-33-36-41-48(50-5)47-54-56(52-43-38-34-30-22-19-15-11-7-2,53-44-39-35-31-23-20-16-12-8-3)46-40-45-55-49(51)42-37-32-17-13-9-4/h48,50H,6-47H2,1-5H3. The first-order chi connectivity index (χ1) is 27.6. The van der Waals surface area contributed by atoms with Gasteiger partial charge in [0.1, 0.15) is 0 Å². The zero-order valence-electron chi connectivity index (χ0n) is 38.8. The highest BCUT2D eigenvalue weighted by molar-refractivity contribution is 8.13. The van der Waals surface area contributed by atoms with Crippen LogP contribution in [-0.4, -0.2) is 52.6 Å². The van der Waals surface area contributed by atoms with Gasteiger partial charge in [-0.05, 0) is 39.2 Å². The lowest BCUT2D eigenvalue weighted by Crippen LogP contribution is -2.49. The van der Waals surface area contributed by atoms with Gasteiger partial charge in [-0.1, -0.05) is 239 Å². The van der Waals surface area contributed by atoms with Crippen LogP contribution in [0.3, 0.4) is 0 Å². The van der Waals surface area contributed by atoms with Crippen LogP contribution in [0, 0.1) is 0 Å². The van der Waals surface area contributed by atoms with Crippen molar-refractivity contribution in [1.29, 1.82) is 0 Å². The summed E-state index contributed by atoms with van der Waals surface area (Å²) < 4.78 is 20.6. The normalized spacial score (nSPS) is 12.5. The summed E-state index contributed by atoms with van der Waals surface area (Å²) >= 11 is 1.53. The second-order valence-corrected chi connectivity index (χ2v) is 21.0. The average Bonchev–Trinajstić information content (AvgIpc) is 3.21. The molecule has 7 heteroatoms. The van der Waals surface area contributed by atoms with Crippen molar-refractivity contribution in [2.75, 3.05) is 32.6 Å². The first-order valence-electron chi connectivity index (χ1n) is 25.3. The molecule has 1 atom stereocenters. The summed E-state index contributed by atoms with van der Waals surface area (Å²) in [5.41, 5.74) is 0. The summed E-state index contributed by atoms with van der Waals surface area (Å²) in [5, 5.41) is 3.93. The number of rotatable bonds is 48. The molecule has 0 aliphatic carbocycles. The minimum absolute atomic E-state index is 0.316. The van der Waals surface area contributed by atoms with Crippen LogP contribution in [0.4, 0.5) is 0 Å². The Bertz CT molecular complexity index is 752. The van der Waals surface area contributed by atoms with Crippen LogP contribution < -0.4 is 5.32 Å². The minimum atomic E-state index is -2.91. The summed E-state index contributed by atoms with van der Waals surface area (Å²) in [6.45, 7) is 11.2. The largest absolute Gasteiger partial charge is 0.501 e. The van der Waals surface area contributed by atoms with E-state index in [-0.39, 0.29) is 0 Å². The first kappa shape index (κ1) is 56.1. The molecular weight excluding hydrogens is 727 g/mol. The minimum Gasteiger partial charge on any atom is -0.373 e. The predicted octanol–water partition coefficient (Wildman–Crippen LogP) is 16.3. The number of hydrogen-bond acceptors (Lipinski definition) is 6. The third-order valence-corrected chi connectivity index (χ3v) is 15.5. The molecule has 0 bridgehead atoms. The third-order valence-electron chi connectivity index (χ3n) is 11.6. The molecule has 0 aliphatic heterocycles.